The van der Waals surface area contributed by atoms with Crippen molar-refractivity contribution in [1.29, 1.82) is 0 Å². The topological polar surface area (TPSA) is 29.5 Å². The van der Waals surface area contributed by atoms with Crippen LogP contribution in [0.15, 0.2) is 197 Å². The standard InChI is InChI=1S/C48H31NO2/c1-4-14-32(15-5-1)35-24-26-38(27-25-35)49(39-29-36(33-16-6-2-7-17-33)28-37(30-39)34-18-8-3-9-19-34)42-31-45-46(40-20-10-12-22-43(40)50-45)47-41-21-11-13-23-44(41)51-48(42)47/h1-31H. The summed E-state index contributed by atoms with van der Waals surface area (Å²) in [6, 6.07) is 66.1. The molecule has 0 unspecified atom stereocenters. The summed E-state index contributed by atoms with van der Waals surface area (Å²) in [4.78, 5) is 2.32. The second-order valence-corrected chi connectivity index (χ2v) is 12.9. The number of furan rings is 2. The zero-order valence-corrected chi connectivity index (χ0v) is 27.7. The molecule has 0 radical (unpaired) electrons. The molecular weight excluding hydrogens is 623 g/mol. The molecule has 51 heavy (non-hydrogen) atoms. The fourth-order valence-corrected chi connectivity index (χ4v) is 7.45. The van der Waals surface area contributed by atoms with Crippen molar-refractivity contribution >= 4 is 60.9 Å². The number of hydrogen-bond acceptors (Lipinski definition) is 3. The molecule has 0 saturated heterocycles. The van der Waals surface area contributed by atoms with Gasteiger partial charge in [0.1, 0.15) is 16.7 Å². The Balaban J connectivity index is 1.30. The van der Waals surface area contributed by atoms with Crippen LogP contribution < -0.4 is 4.90 Å². The molecule has 0 aliphatic heterocycles. The third-order valence-corrected chi connectivity index (χ3v) is 9.83. The molecule has 3 heteroatoms. The number of anilines is 3. The molecule has 2 heterocycles. The van der Waals surface area contributed by atoms with Crippen molar-refractivity contribution in [3.8, 4) is 33.4 Å². The van der Waals surface area contributed by atoms with Crippen LogP contribution in [0.2, 0.25) is 0 Å². The molecule has 8 aromatic carbocycles. The second-order valence-electron chi connectivity index (χ2n) is 12.9. The first-order valence-electron chi connectivity index (χ1n) is 17.3. The van der Waals surface area contributed by atoms with E-state index in [1.54, 1.807) is 0 Å². The van der Waals surface area contributed by atoms with Gasteiger partial charge in [-0.25, -0.2) is 0 Å². The highest BCUT2D eigenvalue weighted by atomic mass is 16.3. The van der Waals surface area contributed by atoms with Gasteiger partial charge >= 0.3 is 0 Å². The Morgan fingerprint density at radius 3 is 1.37 bits per heavy atom. The number of para-hydroxylation sites is 2. The van der Waals surface area contributed by atoms with E-state index >= 15 is 0 Å². The first kappa shape index (κ1) is 29.1. The maximum atomic E-state index is 6.87. The van der Waals surface area contributed by atoms with Crippen LogP contribution in [0.25, 0.3) is 77.3 Å². The Morgan fingerprint density at radius 2 is 0.784 bits per heavy atom. The van der Waals surface area contributed by atoms with Gasteiger partial charge in [0.15, 0.2) is 5.58 Å². The van der Waals surface area contributed by atoms with E-state index in [0.717, 1.165) is 88.8 Å². The lowest BCUT2D eigenvalue weighted by atomic mass is 9.97. The van der Waals surface area contributed by atoms with E-state index in [4.69, 9.17) is 8.83 Å². The van der Waals surface area contributed by atoms with Crippen molar-refractivity contribution in [1.82, 2.24) is 0 Å². The Bertz CT molecular complexity index is 2780. The van der Waals surface area contributed by atoms with Crippen LogP contribution in [0.5, 0.6) is 0 Å². The third kappa shape index (κ3) is 4.98. The fourth-order valence-electron chi connectivity index (χ4n) is 7.45. The van der Waals surface area contributed by atoms with E-state index in [1.165, 1.54) is 5.56 Å². The lowest BCUT2D eigenvalue weighted by molar-refractivity contribution is 0.663. The Morgan fingerprint density at radius 1 is 0.314 bits per heavy atom. The molecule has 10 rings (SSSR count). The quantitative estimate of drug-likeness (QED) is 0.179. The molecule has 0 aliphatic rings. The van der Waals surface area contributed by atoms with Gasteiger partial charge in [0, 0.05) is 39.0 Å². The van der Waals surface area contributed by atoms with Crippen LogP contribution in [0.1, 0.15) is 0 Å². The van der Waals surface area contributed by atoms with Crippen molar-refractivity contribution in [2.24, 2.45) is 0 Å². The smallest absolute Gasteiger partial charge is 0.160 e. The molecule has 0 amide bonds. The number of benzene rings is 8. The van der Waals surface area contributed by atoms with Gasteiger partial charge in [0.05, 0.1) is 5.69 Å². The zero-order chi connectivity index (χ0) is 33.7. The molecule has 2 aromatic heterocycles. The fraction of sp³-hybridized carbons (Fsp3) is 0. The van der Waals surface area contributed by atoms with Gasteiger partial charge in [-0.15, -0.1) is 0 Å². The van der Waals surface area contributed by atoms with Crippen LogP contribution in [-0.2, 0) is 0 Å². The highest BCUT2D eigenvalue weighted by Gasteiger charge is 2.25. The summed E-state index contributed by atoms with van der Waals surface area (Å²) in [5.74, 6) is 0. The van der Waals surface area contributed by atoms with Gasteiger partial charge in [-0.2, -0.15) is 0 Å². The van der Waals surface area contributed by atoms with Crippen LogP contribution in [0, 0.1) is 0 Å². The summed E-state index contributed by atoms with van der Waals surface area (Å²) < 4.78 is 13.5. The number of rotatable bonds is 6. The van der Waals surface area contributed by atoms with Gasteiger partial charge in [0.2, 0.25) is 0 Å². The van der Waals surface area contributed by atoms with Gasteiger partial charge in [-0.1, -0.05) is 140 Å². The van der Waals surface area contributed by atoms with Gasteiger partial charge in [-0.3, -0.25) is 0 Å². The van der Waals surface area contributed by atoms with Crippen molar-refractivity contribution in [2.45, 2.75) is 0 Å². The number of hydrogen-bond donors (Lipinski definition) is 0. The van der Waals surface area contributed by atoms with Crippen LogP contribution in [-0.4, -0.2) is 0 Å². The van der Waals surface area contributed by atoms with E-state index < -0.39 is 0 Å². The Hall–Kier alpha value is -6.84. The van der Waals surface area contributed by atoms with Crippen LogP contribution in [0.4, 0.5) is 17.1 Å². The van der Waals surface area contributed by atoms with Crippen molar-refractivity contribution < 1.29 is 8.83 Å². The minimum Gasteiger partial charge on any atom is -0.456 e. The van der Waals surface area contributed by atoms with Crippen molar-refractivity contribution in [2.75, 3.05) is 4.90 Å². The third-order valence-electron chi connectivity index (χ3n) is 9.83. The monoisotopic (exact) mass is 653 g/mol. The summed E-state index contributed by atoms with van der Waals surface area (Å²) >= 11 is 0. The molecule has 0 fully saturated rings. The minimum atomic E-state index is 0.814. The maximum absolute atomic E-state index is 6.87. The highest BCUT2D eigenvalue weighted by molar-refractivity contribution is 6.28. The minimum absolute atomic E-state index is 0.814. The summed E-state index contributed by atoms with van der Waals surface area (Å²) in [7, 11) is 0. The molecule has 3 nitrogen and oxygen atoms in total. The first-order valence-corrected chi connectivity index (χ1v) is 17.3. The zero-order valence-electron chi connectivity index (χ0n) is 27.7. The lowest BCUT2D eigenvalue weighted by Crippen LogP contribution is -2.11. The molecule has 0 atom stereocenters. The average Bonchev–Trinajstić information content (AvgIpc) is 3.78. The number of nitrogens with zero attached hydrogens (tertiary/aromatic N) is 1. The van der Waals surface area contributed by atoms with Crippen molar-refractivity contribution in [3.63, 3.8) is 0 Å². The van der Waals surface area contributed by atoms with E-state index in [-0.39, 0.29) is 0 Å². The van der Waals surface area contributed by atoms with Crippen LogP contribution >= 0.6 is 0 Å². The molecule has 0 spiro atoms. The molecule has 0 bridgehead atoms. The normalized spacial score (nSPS) is 11.5. The van der Waals surface area contributed by atoms with Gasteiger partial charge < -0.3 is 13.7 Å². The van der Waals surface area contributed by atoms with E-state index in [1.807, 2.05) is 18.2 Å². The highest BCUT2D eigenvalue weighted by Crippen LogP contribution is 2.49. The SMILES string of the molecule is c1ccc(-c2ccc(N(c3cc(-c4ccccc4)cc(-c4ccccc4)c3)c3cc4oc5ccccc5c4c4c3oc3ccccc34)cc2)cc1. The molecule has 10 aromatic rings. The predicted octanol–water partition coefficient (Wildman–Crippen LogP) is 14.0. The van der Waals surface area contributed by atoms with Gasteiger partial charge in [-0.05, 0) is 75.8 Å². The van der Waals surface area contributed by atoms with Crippen molar-refractivity contribution in [3.05, 3.63) is 188 Å². The molecule has 0 aliphatic carbocycles. The molecule has 240 valence electrons. The summed E-state index contributed by atoms with van der Waals surface area (Å²) in [5, 5.41) is 4.26. The first-order chi connectivity index (χ1) is 25.3. The Kier molecular flexibility index (Phi) is 6.81. The molecule has 0 saturated carbocycles. The molecular formula is C48H31NO2. The average molecular weight is 654 g/mol. The maximum Gasteiger partial charge on any atom is 0.160 e. The summed E-state index contributed by atoms with van der Waals surface area (Å²) in [6.45, 7) is 0. The predicted molar refractivity (Wildman–Crippen MR) is 212 cm³/mol. The Labute approximate surface area is 295 Å². The second kappa shape index (κ2) is 11.9. The summed E-state index contributed by atoms with van der Waals surface area (Å²) in [6.07, 6.45) is 0. The van der Waals surface area contributed by atoms with E-state index in [2.05, 4.69) is 175 Å². The lowest BCUT2D eigenvalue weighted by Gasteiger charge is -2.27. The summed E-state index contributed by atoms with van der Waals surface area (Å²) in [5.41, 5.74) is 13.1. The van der Waals surface area contributed by atoms with E-state index in [9.17, 15) is 0 Å². The molecule has 0 N–H and O–H groups in total. The van der Waals surface area contributed by atoms with E-state index in [0.29, 0.717) is 0 Å². The number of fused-ring (bicyclic) bond motifs is 7. The van der Waals surface area contributed by atoms with Gasteiger partial charge in [0.25, 0.3) is 0 Å². The largest absolute Gasteiger partial charge is 0.456 e. The van der Waals surface area contributed by atoms with Crippen LogP contribution in [0.3, 0.4) is 0 Å².